The predicted octanol–water partition coefficient (Wildman–Crippen LogP) is 2.05. The third-order valence-electron chi connectivity index (χ3n) is 3.64. The second kappa shape index (κ2) is 6.22. The van der Waals surface area contributed by atoms with Crippen LogP contribution >= 0.6 is 0 Å². The molecule has 1 aliphatic carbocycles. The summed E-state index contributed by atoms with van der Waals surface area (Å²) >= 11 is 0. The van der Waals surface area contributed by atoms with Crippen molar-refractivity contribution in [3.05, 3.63) is 35.1 Å². The number of aliphatic hydroxyl groups is 1. The molecule has 4 nitrogen and oxygen atoms in total. The van der Waals surface area contributed by atoms with Crippen molar-refractivity contribution in [2.24, 2.45) is 5.92 Å². The molecule has 110 valence electrons. The van der Waals surface area contributed by atoms with Crippen LogP contribution < -0.4 is 5.32 Å². The first kappa shape index (κ1) is 14.8. The predicted molar refractivity (Wildman–Crippen MR) is 74.7 cm³/mol. The number of urea groups is 1. The molecule has 2 rings (SSSR count). The van der Waals surface area contributed by atoms with Crippen LogP contribution in [-0.2, 0) is 6.54 Å². The van der Waals surface area contributed by atoms with E-state index in [1.807, 2.05) is 0 Å². The van der Waals surface area contributed by atoms with E-state index in [9.17, 15) is 14.3 Å². The Morgan fingerprint density at radius 1 is 1.55 bits per heavy atom. The second-order valence-corrected chi connectivity index (χ2v) is 5.53. The number of aryl methyl sites for hydroxylation is 1. The molecule has 1 saturated carbocycles. The van der Waals surface area contributed by atoms with Crippen molar-refractivity contribution < 1.29 is 14.3 Å². The van der Waals surface area contributed by atoms with E-state index in [0.29, 0.717) is 24.6 Å². The fraction of sp³-hybridized carbons (Fsp3) is 0.533. The number of likely N-dealkylation sites (N-methyl/N-ethyl adjacent to an activating group) is 1. The highest BCUT2D eigenvalue weighted by Crippen LogP contribution is 2.32. The quantitative estimate of drug-likeness (QED) is 0.867. The van der Waals surface area contributed by atoms with E-state index in [4.69, 9.17) is 0 Å². The zero-order valence-electron chi connectivity index (χ0n) is 11.9. The topological polar surface area (TPSA) is 52.6 Å². The van der Waals surface area contributed by atoms with Gasteiger partial charge in [-0.3, -0.25) is 0 Å². The minimum Gasteiger partial charge on any atom is -0.391 e. The average molecular weight is 280 g/mol. The van der Waals surface area contributed by atoms with Gasteiger partial charge in [0, 0.05) is 20.1 Å². The van der Waals surface area contributed by atoms with E-state index in [1.165, 1.54) is 11.0 Å². The lowest BCUT2D eigenvalue weighted by Crippen LogP contribution is -2.41. The number of halogens is 1. The highest BCUT2D eigenvalue weighted by atomic mass is 19.1. The average Bonchev–Trinajstić information content (AvgIpc) is 3.24. The maximum atomic E-state index is 13.1. The number of hydrogen-bond donors (Lipinski definition) is 2. The van der Waals surface area contributed by atoms with Gasteiger partial charge in [-0.2, -0.15) is 0 Å². The molecule has 0 aromatic heterocycles. The molecular weight excluding hydrogens is 259 g/mol. The maximum Gasteiger partial charge on any atom is 0.317 e. The lowest BCUT2D eigenvalue weighted by Gasteiger charge is -2.21. The summed E-state index contributed by atoms with van der Waals surface area (Å²) in [6.45, 7) is 2.39. The van der Waals surface area contributed by atoms with E-state index in [-0.39, 0.29) is 11.8 Å². The summed E-state index contributed by atoms with van der Waals surface area (Å²) in [5, 5.41) is 12.6. The molecule has 0 heterocycles. The van der Waals surface area contributed by atoms with Crippen LogP contribution in [0.3, 0.4) is 0 Å². The Bertz CT molecular complexity index is 489. The zero-order valence-corrected chi connectivity index (χ0v) is 11.9. The van der Waals surface area contributed by atoms with Gasteiger partial charge in [-0.05, 0) is 42.9 Å². The third kappa shape index (κ3) is 3.93. The van der Waals surface area contributed by atoms with Crippen LogP contribution in [0.5, 0.6) is 0 Å². The van der Waals surface area contributed by atoms with Crippen LogP contribution in [0.25, 0.3) is 0 Å². The summed E-state index contributed by atoms with van der Waals surface area (Å²) in [5.74, 6) is 0.106. The number of carbonyl (C=O) groups excluding carboxylic acids is 1. The molecule has 20 heavy (non-hydrogen) atoms. The number of nitrogens with zero attached hydrogens (tertiary/aromatic N) is 1. The van der Waals surface area contributed by atoms with Gasteiger partial charge in [0.05, 0.1) is 6.10 Å². The van der Waals surface area contributed by atoms with Gasteiger partial charge in [0.25, 0.3) is 0 Å². The monoisotopic (exact) mass is 280 g/mol. The van der Waals surface area contributed by atoms with Crippen LogP contribution in [0, 0.1) is 18.7 Å². The highest BCUT2D eigenvalue weighted by molar-refractivity contribution is 5.73. The number of aliphatic hydroxyl groups excluding tert-OH is 1. The molecule has 2 amide bonds. The molecule has 0 spiro atoms. The Morgan fingerprint density at radius 3 is 2.85 bits per heavy atom. The van der Waals surface area contributed by atoms with Crippen molar-refractivity contribution in [3.63, 3.8) is 0 Å². The van der Waals surface area contributed by atoms with Gasteiger partial charge < -0.3 is 15.3 Å². The number of hydrogen-bond acceptors (Lipinski definition) is 2. The van der Waals surface area contributed by atoms with Gasteiger partial charge in [-0.1, -0.05) is 12.1 Å². The fourth-order valence-corrected chi connectivity index (χ4v) is 2.12. The first-order chi connectivity index (χ1) is 9.47. The summed E-state index contributed by atoms with van der Waals surface area (Å²) in [6, 6.07) is 4.54. The SMILES string of the molecule is Cc1cc(CNC(=O)N(C)CC(O)C2CC2)ccc1F. The number of rotatable bonds is 5. The van der Waals surface area contributed by atoms with Crippen LogP contribution in [0.1, 0.15) is 24.0 Å². The van der Waals surface area contributed by atoms with Crippen molar-refractivity contribution in [1.82, 2.24) is 10.2 Å². The molecular formula is C15H21FN2O2. The minimum absolute atomic E-state index is 0.230. The highest BCUT2D eigenvalue weighted by Gasteiger charge is 2.31. The van der Waals surface area contributed by atoms with E-state index in [2.05, 4.69) is 5.32 Å². The Labute approximate surface area is 118 Å². The van der Waals surface area contributed by atoms with Crippen LogP contribution in [0.15, 0.2) is 18.2 Å². The van der Waals surface area contributed by atoms with Crippen molar-refractivity contribution in [3.8, 4) is 0 Å². The van der Waals surface area contributed by atoms with E-state index in [1.54, 1.807) is 26.1 Å². The van der Waals surface area contributed by atoms with E-state index >= 15 is 0 Å². The number of benzene rings is 1. The fourth-order valence-electron chi connectivity index (χ4n) is 2.12. The molecule has 1 unspecified atom stereocenters. The maximum absolute atomic E-state index is 13.1. The number of carbonyl (C=O) groups is 1. The lowest BCUT2D eigenvalue weighted by molar-refractivity contribution is 0.113. The zero-order chi connectivity index (χ0) is 14.7. The first-order valence-corrected chi connectivity index (χ1v) is 6.89. The minimum atomic E-state index is -0.432. The summed E-state index contributed by atoms with van der Waals surface area (Å²) in [6.07, 6.45) is 1.66. The normalized spacial score (nSPS) is 15.8. The van der Waals surface area contributed by atoms with Gasteiger partial charge in [-0.15, -0.1) is 0 Å². The molecule has 1 fully saturated rings. The van der Waals surface area contributed by atoms with Crippen molar-refractivity contribution in [2.45, 2.75) is 32.4 Å². The van der Waals surface area contributed by atoms with E-state index < -0.39 is 6.10 Å². The van der Waals surface area contributed by atoms with Gasteiger partial charge in [0.2, 0.25) is 0 Å². The Morgan fingerprint density at radius 2 is 2.25 bits per heavy atom. The van der Waals surface area contributed by atoms with E-state index in [0.717, 1.165) is 18.4 Å². The third-order valence-corrected chi connectivity index (χ3v) is 3.64. The summed E-state index contributed by atoms with van der Waals surface area (Å²) < 4.78 is 13.1. The largest absolute Gasteiger partial charge is 0.391 e. The second-order valence-electron chi connectivity index (χ2n) is 5.53. The van der Waals surface area contributed by atoms with Crippen molar-refractivity contribution in [1.29, 1.82) is 0 Å². The Balaban J connectivity index is 1.79. The van der Waals surface area contributed by atoms with Gasteiger partial charge in [-0.25, -0.2) is 9.18 Å². The molecule has 0 radical (unpaired) electrons. The van der Waals surface area contributed by atoms with Crippen LogP contribution in [-0.4, -0.2) is 35.7 Å². The van der Waals surface area contributed by atoms with Gasteiger partial charge >= 0.3 is 6.03 Å². The molecule has 0 bridgehead atoms. The molecule has 0 saturated heterocycles. The van der Waals surface area contributed by atoms with Crippen molar-refractivity contribution >= 4 is 6.03 Å². The smallest absolute Gasteiger partial charge is 0.317 e. The molecule has 1 aliphatic rings. The summed E-state index contributed by atoms with van der Waals surface area (Å²) in [4.78, 5) is 13.4. The Hall–Kier alpha value is -1.62. The summed E-state index contributed by atoms with van der Waals surface area (Å²) in [5.41, 5.74) is 1.42. The molecule has 0 aliphatic heterocycles. The molecule has 1 aromatic rings. The standard InChI is InChI=1S/C15H21FN2O2/c1-10-7-11(3-6-13(10)16)8-17-15(20)18(2)9-14(19)12-4-5-12/h3,6-7,12,14,19H,4-5,8-9H2,1-2H3,(H,17,20). The molecule has 1 aromatic carbocycles. The lowest BCUT2D eigenvalue weighted by atomic mass is 10.1. The van der Waals surface area contributed by atoms with Gasteiger partial charge in [0.1, 0.15) is 5.82 Å². The Kier molecular flexibility index (Phi) is 4.60. The van der Waals surface area contributed by atoms with Crippen LogP contribution in [0.4, 0.5) is 9.18 Å². The van der Waals surface area contributed by atoms with Crippen molar-refractivity contribution in [2.75, 3.05) is 13.6 Å². The number of amides is 2. The molecule has 2 N–H and O–H groups in total. The summed E-state index contributed by atoms with van der Waals surface area (Å²) in [7, 11) is 1.66. The first-order valence-electron chi connectivity index (χ1n) is 6.89. The molecule has 5 heteroatoms. The van der Waals surface area contributed by atoms with Crippen LogP contribution in [0.2, 0.25) is 0 Å². The number of nitrogens with one attached hydrogen (secondary N) is 1. The molecule has 1 atom stereocenters. The van der Waals surface area contributed by atoms with Gasteiger partial charge in [0.15, 0.2) is 0 Å².